The monoisotopic (exact) mass is 389 g/mol. The van der Waals surface area contributed by atoms with Crippen molar-refractivity contribution in [3.63, 3.8) is 0 Å². The van der Waals surface area contributed by atoms with Gasteiger partial charge in [0.05, 0.1) is 24.7 Å². The molecule has 0 radical (unpaired) electrons. The second-order valence-electron chi connectivity index (χ2n) is 7.92. The summed E-state index contributed by atoms with van der Waals surface area (Å²) in [5.41, 5.74) is 4.04. The van der Waals surface area contributed by atoms with E-state index in [-0.39, 0.29) is 11.1 Å². The van der Waals surface area contributed by atoms with Crippen LogP contribution in [0.3, 0.4) is 0 Å². The number of nitrogens with zero attached hydrogens (tertiary/aromatic N) is 4. The summed E-state index contributed by atoms with van der Waals surface area (Å²) in [5.74, 6) is 2.23. The fourth-order valence-electron chi connectivity index (χ4n) is 4.18. The van der Waals surface area contributed by atoms with Crippen molar-refractivity contribution in [2.75, 3.05) is 6.61 Å². The molecule has 1 fully saturated rings. The van der Waals surface area contributed by atoms with Crippen LogP contribution in [-0.4, -0.2) is 30.9 Å². The number of aromatic amines is 1. The maximum absolute atomic E-state index is 12.3. The Labute approximate surface area is 165 Å². The Kier molecular flexibility index (Phi) is 3.11. The molecule has 1 N–H and O–H groups in total. The van der Waals surface area contributed by atoms with Gasteiger partial charge >= 0.3 is 5.69 Å². The van der Waals surface area contributed by atoms with E-state index in [1.807, 2.05) is 25.2 Å². The molecule has 1 aliphatic carbocycles. The van der Waals surface area contributed by atoms with E-state index in [2.05, 4.69) is 22.0 Å². The summed E-state index contributed by atoms with van der Waals surface area (Å²) in [7, 11) is 1.81. The van der Waals surface area contributed by atoms with Crippen LogP contribution in [0.5, 0.6) is 17.4 Å². The largest absolute Gasteiger partial charge is 0.492 e. The lowest BCUT2D eigenvalue weighted by Gasteiger charge is -2.13. The molecular formula is C21H19N5O3. The lowest BCUT2D eigenvalue weighted by molar-refractivity contribution is 0.322. The Morgan fingerprint density at radius 1 is 1.24 bits per heavy atom. The predicted octanol–water partition coefficient (Wildman–Crippen LogP) is 2.97. The van der Waals surface area contributed by atoms with Crippen LogP contribution < -0.4 is 15.2 Å². The summed E-state index contributed by atoms with van der Waals surface area (Å²) in [6.07, 6.45) is 5.65. The zero-order valence-electron chi connectivity index (χ0n) is 16.1. The molecule has 29 heavy (non-hydrogen) atoms. The van der Waals surface area contributed by atoms with Crippen LogP contribution in [0.15, 0.2) is 41.5 Å². The first-order valence-electron chi connectivity index (χ1n) is 9.60. The molecule has 4 aromatic rings. The highest BCUT2D eigenvalue weighted by molar-refractivity contribution is 5.72. The molecule has 6 rings (SSSR count). The van der Waals surface area contributed by atoms with Crippen molar-refractivity contribution in [1.29, 1.82) is 0 Å². The molecule has 8 heteroatoms. The van der Waals surface area contributed by atoms with Crippen molar-refractivity contribution in [2.24, 2.45) is 7.05 Å². The third-order valence-electron chi connectivity index (χ3n) is 5.85. The first kappa shape index (κ1) is 16.4. The number of imidazole rings is 1. The Balaban J connectivity index is 1.36. The minimum atomic E-state index is -0.247. The molecule has 0 amide bonds. The molecule has 1 saturated carbocycles. The van der Waals surface area contributed by atoms with Gasteiger partial charge in [0, 0.05) is 24.1 Å². The molecule has 0 bridgehead atoms. The fourth-order valence-corrected chi connectivity index (χ4v) is 4.18. The van der Waals surface area contributed by atoms with Crippen molar-refractivity contribution in [2.45, 2.75) is 25.2 Å². The highest BCUT2D eigenvalue weighted by atomic mass is 16.5. The SMILES string of the molecule is Cc1ccc(Oc2ccc(-n3c(=O)[nH]c4cn(C)nc43)cn2)c2c1OCC21CC1. The molecule has 0 unspecified atom stereocenters. The van der Waals surface area contributed by atoms with Crippen molar-refractivity contribution >= 4 is 11.2 Å². The maximum atomic E-state index is 12.3. The van der Waals surface area contributed by atoms with Crippen LogP contribution in [0.2, 0.25) is 0 Å². The average Bonchev–Trinajstić information content (AvgIpc) is 3.10. The van der Waals surface area contributed by atoms with Gasteiger partial charge in [-0.15, -0.1) is 0 Å². The van der Waals surface area contributed by atoms with Gasteiger partial charge in [-0.2, -0.15) is 5.10 Å². The average molecular weight is 389 g/mol. The normalized spacial score (nSPS) is 16.2. The molecule has 2 aliphatic rings. The van der Waals surface area contributed by atoms with E-state index in [0.717, 1.165) is 36.5 Å². The second-order valence-corrected chi connectivity index (χ2v) is 7.92. The number of pyridine rings is 1. The van der Waals surface area contributed by atoms with Gasteiger partial charge in [-0.3, -0.25) is 4.68 Å². The second kappa shape index (κ2) is 5.50. The number of aromatic nitrogens is 5. The summed E-state index contributed by atoms with van der Waals surface area (Å²) in [5, 5.41) is 4.35. The molecule has 146 valence electrons. The highest BCUT2D eigenvalue weighted by Crippen LogP contribution is 2.59. The number of ether oxygens (including phenoxy) is 2. The molecule has 1 aromatic carbocycles. The quantitative estimate of drug-likeness (QED) is 0.582. The van der Waals surface area contributed by atoms with Crippen LogP contribution in [0, 0.1) is 6.92 Å². The van der Waals surface area contributed by atoms with Crippen LogP contribution in [-0.2, 0) is 12.5 Å². The third kappa shape index (κ3) is 2.35. The Bertz CT molecular complexity index is 1330. The molecule has 3 aromatic heterocycles. The van der Waals surface area contributed by atoms with E-state index in [1.54, 1.807) is 23.1 Å². The van der Waals surface area contributed by atoms with Gasteiger partial charge < -0.3 is 14.5 Å². The zero-order valence-corrected chi connectivity index (χ0v) is 16.1. The smallest absolute Gasteiger partial charge is 0.332 e. The summed E-state index contributed by atoms with van der Waals surface area (Å²) >= 11 is 0. The van der Waals surface area contributed by atoms with Gasteiger partial charge in [0.1, 0.15) is 17.0 Å². The number of rotatable bonds is 3. The van der Waals surface area contributed by atoms with Gasteiger partial charge in [0.15, 0.2) is 5.65 Å². The Morgan fingerprint density at radius 3 is 2.86 bits per heavy atom. The topological polar surface area (TPSA) is 87.0 Å². The molecule has 0 saturated heterocycles. The third-order valence-corrected chi connectivity index (χ3v) is 5.85. The summed E-state index contributed by atoms with van der Waals surface area (Å²) in [6, 6.07) is 7.59. The molecule has 0 atom stereocenters. The van der Waals surface area contributed by atoms with Gasteiger partial charge in [-0.05, 0) is 37.5 Å². The molecule has 1 aliphatic heterocycles. The zero-order chi connectivity index (χ0) is 19.8. The van der Waals surface area contributed by atoms with Crippen LogP contribution in [0.4, 0.5) is 0 Å². The van der Waals surface area contributed by atoms with E-state index in [0.29, 0.717) is 22.7 Å². The maximum Gasteiger partial charge on any atom is 0.332 e. The first-order chi connectivity index (χ1) is 14.0. The van der Waals surface area contributed by atoms with E-state index in [9.17, 15) is 4.79 Å². The number of H-pyrrole nitrogens is 1. The van der Waals surface area contributed by atoms with Crippen LogP contribution in [0.25, 0.3) is 16.9 Å². The van der Waals surface area contributed by atoms with E-state index >= 15 is 0 Å². The number of hydrogen-bond acceptors (Lipinski definition) is 5. The summed E-state index contributed by atoms with van der Waals surface area (Å²) < 4.78 is 15.3. The van der Waals surface area contributed by atoms with Crippen molar-refractivity contribution in [1.82, 2.24) is 24.3 Å². The number of benzene rings is 1. The number of nitrogens with one attached hydrogen (secondary N) is 1. The van der Waals surface area contributed by atoms with Crippen LogP contribution in [0.1, 0.15) is 24.0 Å². The Hall–Kier alpha value is -3.55. The molecular weight excluding hydrogens is 370 g/mol. The number of aryl methyl sites for hydroxylation is 2. The van der Waals surface area contributed by atoms with E-state index in [4.69, 9.17) is 9.47 Å². The fraction of sp³-hybridized carbons (Fsp3) is 0.286. The van der Waals surface area contributed by atoms with Crippen molar-refractivity contribution in [3.8, 4) is 23.1 Å². The Morgan fingerprint density at radius 2 is 2.10 bits per heavy atom. The predicted molar refractivity (Wildman–Crippen MR) is 106 cm³/mol. The molecule has 4 heterocycles. The summed E-state index contributed by atoms with van der Waals surface area (Å²) in [6.45, 7) is 2.79. The van der Waals surface area contributed by atoms with Gasteiger partial charge in [-0.1, -0.05) is 6.07 Å². The van der Waals surface area contributed by atoms with Gasteiger partial charge in [0.25, 0.3) is 0 Å². The van der Waals surface area contributed by atoms with E-state index in [1.165, 1.54) is 10.1 Å². The van der Waals surface area contributed by atoms with Crippen molar-refractivity contribution < 1.29 is 9.47 Å². The van der Waals surface area contributed by atoms with E-state index < -0.39 is 0 Å². The van der Waals surface area contributed by atoms with Crippen molar-refractivity contribution in [3.05, 3.63) is 58.3 Å². The minimum Gasteiger partial charge on any atom is -0.492 e. The van der Waals surface area contributed by atoms with Crippen LogP contribution >= 0.6 is 0 Å². The molecule has 1 spiro atoms. The highest BCUT2D eigenvalue weighted by Gasteiger charge is 2.53. The minimum absolute atomic E-state index is 0.111. The number of hydrogen-bond donors (Lipinski definition) is 1. The molecule has 8 nitrogen and oxygen atoms in total. The van der Waals surface area contributed by atoms with Gasteiger partial charge in [0.2, 0.25) is 5.88 Å². The van der Waals surface area contributed by atoms with Gasteiger partial charge in [-0.25, -0.2) is 14.3 Å². The lowest BCUT2D eigenvalue weighted by Crippen LogP contribution is -2.15. The lowest BCUT2D eigenvalue weighted by atomic mass is 9.95. The summed E-state index contributed by atoms with van der Waals surface area (Å²) in [4.78, 5) is 19.5. The number of fused-ring (bicyclic) bond motifs is 3. The first-order valence-corrected chi connectivity index (χ1v) is 9.60. The standard InChI is InChI=1S/C21H19N5O3/c1-12-3-5-15(17-18(12)28-11-21(17)7-8-21)29-16-6-4-13(9-22-16)26-19-14(23-20(26)27)10-25(2)24-19/h3-6,9-10H,7-8,11H2,1-2H3,(H,23,27).